The molecule has 9 nitrogen and oxygen atoms in total. The molecule has 2 aliphatic heterocycles. The zero-order chi connectivity index (χ0) is 22.6. The second kappa shape index (κ2) is 9.66. The Morgan fingerprint density at radius 2 is 2.06 bits per heavy atom. The van der Waals surface area contributed by atoms with Gasteiger partial charge in [0, 0.05) is 43.4 Å². The van der Waals surface area contributed by atoms with Crippen LogP contribution in [0.5, 0.6) is 0 Å². The number of aryl methyl sites for hydroxylation is 1. The first-order chi connectivity index (χ1) is 16.2. The maximum Gasteiger partial charge on any atom is 0.251 e. The van der Waals surface area contributed by atoms with E-state index in [4.69, 9.17) is 9.72 Å². The van der Waals surface area contributed by atoms with Gasteiger partial charge in [-0.25, -0.2) is 19.9 Å². The Labute approximate surface area is 193 Å². The average molecular weight is 448 g/mol. The fourth-order valence-electron chi connectivity index (χ4n) is 4.29. The van der Waals surface area contributed by atoms with E-state index in [0.717, 1.165) is 50.2 Å². The van der Waals surface area contributed by atoms with E-state index in [1.54, 1.807) is 6.20 Å². The molecule has 0 spiro atoms. The van der Waals surface area contributed by atoms with Crippen LogP contribution < -0.4 is 15.5 Å². The van der Waals surface area contributed by atoms with Crippen LogP contribution in [0.2, 0.25) is 0 Å². The third-order valence-corrected chi connectivity index (χ3v) is 6.33. The van der Waals surface area contributed by atoms with Gasteiger partial charge in [0.25, 0.3) is 5.91 Å². The number of aromatic nitrogens is 4. The number of hydrogen-bond donors (Lipinski definition) is 2. The predicted molar refractivity (Wildman–Crippen MR) is 127 cm³/mol. The number of rotatable bonds is 6. The molecule has 2 N–H and O–H groups in total. The molecule has 33 heavy (non-hydrogen) atoms. The quantitative estimate of drug-likeness (QED) is 0.593. The molecule has 0 saturated carbocycles. The number of piperidine rings is 1. The van der Waals surface area contributed by atoms with Crippen molar-refractivity contribution >= 4 is 34.4 Å². The molecule has 0 radical (unpaired) electrons. The van der Waals surface area contributed by atoms with Crippen molar-refractivity contribution in [3.63, 3.8) is 0 Å². The van der Waals surface area contributed by atoms with Crippen molar-refractivity contribution in [2.24, 2.45) is 5.92 Å². The van der Waals surface area contributed by atoms with E-state index in [-0.39, 0.29) is 5.91 Å². The highest BCUT2D eigenvalue weighted by atomic mass is 16.5. The molecule has 0 bridgehead atoms. The van der Waals surface area contributed by atoms with E-state index in [1.165, 1.54) is 12.7 Å². The fraction of sp³-hybridized carbons (Fsp3) is 0.458. The second-order valence-corrected chi connectivity index (χ2v) is 8.77. The number of benzene rings is 1. The first-order valence-corrected chi connectivity index (χ1v) is 11.6. The molecule has 172 valence electrons. The normalized spacial score (nSPS) is 18.5. The third-order valence-electron chi connectivity index (χ3n) is 6.33. The van der Waals surface area contributed by atoms with Gasteiger partial charge in [-0.2, -0.15) is 0 Å². The largest absolute Gasteiger partial charge is 0.381 e. The molecule has 4 heterocycles. The SMILES string of the molecule is Cc1ccc(C(=O)NCC2CCOC2)cc1Nc1ncnc2cnc(N3CCCCC3)nc12. The lowest BCUT2D eigenvalue weighted by molar-refractivity contribution is 0.0945. The van der Waals surface area contributed by atoms with E-state index in [2.05, 4.69) is 30.5 Å². The molecule has 1 atom stereocenters. The summed E-state index contributed by atoms with van der Waals surface area (Å²) in [6, 6.07) is 5.64. The number of anilines is 3. The van der Waals surface area contributed by atoms with E-state index in [1.807, 2.05) is 25.1 Å². The topological polar surface area (TPSA) is 105 Å². The van der Waals surface area contributed by atoms with Gasteiger partial charge in [0.15, 0.2) is 5.82 Å². The van der Waals surface area contributed by atoms with Crippen LogP contribution in [0.25, 0.3) is 11.0 Å². The van der Waals surface area contributed by atoms with Gasteiger partial charge in [0.2, 0.25) is 5.95 Å². The number of fused-ring (bicyclic) bond motifs is 1. The summed E-state index contributed by atoms with van der Waals surface area (Å²) in [6.07, 6.45) is 7.80. The fourth-order valence-corrected chi connectivity index (χ4v) is 4.29. The molecular formula is C24H29N7O2. The smallest absolute Gasteiger partial charge is 0.251 e. The zero-order valence-electron chi connectivity index (χ0n) is 18.9. The zero-order valence-corrected chi connectivity index (χ0v) is 18.9. The van der Waals surface area contributed by atoms with Gasteiger partial charge in [0.05, 0.1) is 12.8 Å². The number of nitrogens with zero attached hydrogens (tertiary/aromatic N) is 5. The van der Waals surface area contributed by atoms with Crippen LogP contribution in [0.1, 0.15) is 41.6 Å². The molecule has 2 saturated heterocycles. The molecule has 1 amide bonds. The Balaban J connectivity index is 1.38. The standard InChI is InChI=1S/C24H29N7O2/c1-16-5-6-18(23(32)25-12-17-7-10-33-14-17)11-19(16)29-22-21-20(27-15-28-22)13-26-24(30-21)31-8-3-2-4-9-31/h5-6,11,13,15,17H,2-4,7-10,12,14H2,1H3,(H,25,32)(H,27,28,29). The van der Waals surface area contributed by atoms with Crippen LogP contribution in [0, 0.1) is 12.8 Å². The Kier molecular flexibility index (Phi) is 6.30. The Hall–Kier alpha value is -3.33. The van der Waals surface area contributed by atoms with Crippen molar-refractivity contribution in [3.8, 4) is 0 Å². The molecule has 2 aromatic heterocycles. The molecule has 2 aliphatic rings. The molecule has 3 aromatic rings. The molecule has 1 aromatic carbocycles. The average Bonchev–Trinajstić information content (AvgIpc) is 3.38. The third kappa shape index (κ3) is 4.88. The van der Waals surface area contributed by atoms with Gasteiger partial charge in [-0.1, -0.05) is 6.07 Å². The van der Waals surface area contributed by atoms with Crippen molar-refractivity contribution in [2.45, 2.75) is 32.6 Å². The van der Waals surface area contributed by atoms with Gasteiger partial charge >= 0.3 is 0 Å². The number of hydrogen-bond acceptors (Lipinski definition) is 8. The second-order valence-electron chi connectivity index (χ2n) is 8.77. The predicted octanol–water partition coefficient (Wildman–Crippen LogP) is 3.23. The van der Waals surface area contributed by atoms with Crippen LogP contribution in [-0.2, 0) is 4.74 Å². The van der Waals surface area contributed by atoms with Gasteiger partial charge in [-0.05, 0) is 50.3 Å². The Bertz CT molecular complexity index is 1140. The monoisotopic (exact) mass is 447 g/mol. The maximum absolute atomic E-state index is 12.7. The van der Waals surface area contributed by atoms with Crippen molar-refractivity contribution in [1.29, 1.82) is 0 Å². The molecular weight excluding hydrogens is 418 g/mol. The van der Waals surface area contributed by atoms with Crippen molar-refractivity contribution in [2.75, 3.05) is 43.1 Å². The van der Waals surface area contributed by atoms with Gasteiger partial charge in [0.1, 0.15) is 17.4 Å². The van der Waals surface area contributed by atoms with Crippen LogP contribution >= 0.6 is 0 Å². The minimum atomic E-state index is -0.0906. The lowest BCUT2D eigenvalue weighted by Gasteiger charge is -2.26. The van der Waals surface area contributed by atoms with E-state index < -0.39 is 0 Å². The molecule has 2 fully saturated rings. The van der Waals surface area contributed by atoms with Crippen molar-refractivity contribution in [1.82, 2.24) is 25.3 Å². The highest BCUT2D eigenvalue weighted by Gasteiger charge is 2.18. The van der Waals surface area contributed by atoms with E-state index >= 15 is 0 Å². The van der Waals surface area contributed by atoms with Crippen LogP contribution in [-0.4, -0.2) is 58.7 Å². The van der Waals surface area contributed by atoms with Crippen molar-refractivity contribution < 1.29 is 9.53 Å². The summed E-state index contributed by atoms with van der Waals surface area (Å²) >= 11 is 0. The summed E-state index contributed by atoms with van der Waals surface area (Å²) < 4.78 is 5.39. The molecule has 5 rings (SSSR count). The number of carbonyl (C=O) groups excluding carboxylic acids is 1. The van der Waals surface area contributed by atoms with E-state index in [9.17, 15) is 4.79 Å². The number of nitrogens with one attached hydrogen (secondary N) is 2. The highest BCUT2D eigenvalue weighted by molar-refractivity contribution is 5.96. The summed E-state index contributed by atoms with van der Waals surface area (Å²) in [5, 5.41) is 6.40. The summed E-state index contributed by atoms with van der Waals surface area (Å²) in [5.74, 6) is 1.61. The van der Waals surface area contributed by atoms with Gasteiger partial charge in [-0.3, -0.25) is 4.79 Å². The van der Waals surface area contributed by atoms with Crippen molar-refractivity contribution in [3.05, 3.63) is 41.9 Å². The Morgan fingerprint density at radius 3 is 2.88 bits per heavy atom. The summed E-state index contributed by atoms with van der Waals surface area (Å²) in [7, 11) is 0. The molecule has 0 aliphatic carbocycles. The number of carbonyl (C=O) groups is 1. The number of ether oxygens (including phenoxy) is 1. The molecule has 1 unspecified atom stereocenters. The summed E-state index contributed by atoms with van der Waals surface area (Å²) in [5.41, 5.74) is 3.77. The van der Waals surface area contributed by atoms with Gasteiger partial charge in [-0.15, -0.1) is 0 Å². The van der Waals surface area contributed by atoms with E-state index in [0.29, 0.717) is 47.4 Å². The molecule has 9 heteroatoms. The minimum Gasteiger partial charge on any atom is -0.381 e. The maximum atomic E-state index is 12.7. The van der Waals surface area contributed by atoms with Crippen LogP contribution in [0.15, 0.2) is 30.7 Å². The number of amides is 1. The highest BCUT2D eigenvalue weighted by Crippen LogP contribution is 2.26. The van der Waals surface area contributed by atoms with Gasteiger partial charge < -0.3 is 20.3 Å². The summed E-state index contributed by atoms with van der Waals surface area (Å²) in [6.45, 7) is 6.04. The minimum absolute atomic E-state index is 0.0906. The van der Waals surface area contributed by atoms with Crippen LogP contribution in [0.4, 0.5) is 17.5 Å². The van der Waals surface area contributed by atoms with Crippen LogP contribution in [0.3, 0.4) is 0 Å². The lowest BCUT2D eigenvalue weighted by Crippen LogP contribution is -2.31. The first-order valence-electron chi connectivity index (χ1n) is 11.6. The lowest BCUT2D eigenvalue weighted by atomic mass is 10.1. The Morgan fingerprint density at radius 1 is 1.18 bits per heavy atom. The summed E-state index contributed by atoms with van der Waals surface area (Å²) in [4.78, 5) is 33.0. The first kappa shape index (κ1) is 21.5.